The zero-order valence-electron chi connectivity index (χ0n) is 6.98. The summed E-state index contributed by atoms with van der Waals surface area (Å²) in [6, 6.07) is 2.34. The summed E-state index contributed by atoms with van der Waals surface area (Å²) in [5, 5.41) is 0. The van der Waals surface area contributed by atoms with Crippen LogP contribution < -0.4 is 11.5 Å². The summed E-state index contributed by atoms with van der Waals surface area (Å²) in [5.74, 6) is 0. The molecule has 5 nitrogen and oxygen atoms in total. The average Bonchev–Trinajstić information content (AvgIpc) is 1.97. The van der Waals surface area contributed by atoms with Gasteiger partial charge in [-0.15, -0.1) is 0 Å². The van der Waals surface area contributed by atoms with Crippen molar-refractivity contribution in [2.45, 2.75) is 11.8 Å². The van der Waals surface area contributed by atoms with Gasteiger partial charge in [-0.3, -0.25) is 4.55 Å². The second-order valence-electron chi connectivity index (χ2n) is 2.70. The van der Waals surface area contributed by atoms with Crippen LogP contribution in [0, 0.1) is 6.92 Å². The second kappa shape index (κ2) is 4.50. The van der Waals surface area contributed by atoms with E-state index in [0.717, 1.165) is 0 Å². The van der Waals surface area contributed by atoms with E-state index in [1.165, 1.54) is 12.1 Å². The van der Waals surface area contributed by atoms with Crippen LogP contribution in [-0.2, 0) is 10.1 Å². The van der Waals surface area contributed by atoms with Crippen molar-refractivity contribution in [3.63, 3.8) is 0 Å². The van der Waals surface area contributed by atoms with Crippen LogP contribution in [0.25, 0.3) is 0 Å². The summed E-state index contributed by atoms with van der Waals surface area (Å²) < 4.78 is 30.1. The molecule has 0 aromatic heterocycles. The number of hydrogen-bond donors (Lipinski definition) is 3. The Morgan fingerprint density at radius 2 is 1.57 bits per heavy atom. The Morgan fingerprint density at radius 3 is 1.86 bits per heavy atom. The zero-order valence-corrected chi connectivity index (χ0v) is 7.80. The van der Waals surface area contributed by atoms with Gasteiger partial charge in [0, 0.05) is 11.4 Å². The van der Waals surface area contributed by atoms with Gasteiger partial charge in [-0.2, -0.15) is 8.42 Å². The first-order valence-corrected chi connectivity index (χ1v) is 4.89. The van der Waals surface area contributed by atoms with Gasteiger partial charge in [0.15, 0.2) is 0 Å². The van der Waals surface area contributed by atoms with Crippen molar-refractivity contribution in [1.29, 1.82) is 0 Å². The number of benzene rings is 1. The first-order chi connectivity index (χ1) is 5.82. The predicted octanol–water partition coefficient (Wildman–Crippen LogP) is -0.242. The van der Waals surface area contributed by atoms with Crippen LogP contribution in [0.5, 0.6) is 0 Å². The van der Waals surface area contributed by atoms with Gasteiger partial charge < -0.3 is 11.5 Å². The van der Waals surface area contributed by atoms with Crippen LogP contribution in [0.2, 0.25) is 0 Å². The van der Waals surface area contributed by atoms with Gasteiger partial charge in [0.2, 0.25) is 0 Å². The van der Waals surface area contributed by atoms with E-state index in [0.29, 0.717) is 5.56 Å². The molecule has 0 amide bonds. The minimum atomic E-state index is -4.22. The summed E-state index contributed by atoms with van der Waals surface area (Å²) >= 11 is 0. The second-order valence-corrected chi connectivity index (χ2v) is 4.12. The minimum absolute atomic E-state index is 0. The molecule has 0 aliphatic carbocycles. The number of hydrogen-bond acceptors (Lipinski definition) is 4. The maximum absolute atomic E-state index is 10.7. The van der Waals surface area contributed by atoms with E-state index in [1.54, 1.807) is 6.92 Å². The molecule has 7 heteroatoms. The van der Waals surface area contributed by atoms with Crippen molar-refractivity contribution >= 4 is 51.1 Å². The molecule has 0 fully saturated rings. The third-order valence-corrected chi connectivity index (χ3v) is 2.59. The fourth-order valence-corrected chi connectivity index (χ4v) is 1.43. The van der Waals surface area contributed by atoms with Crippen LogP contribution in [0.15, 0.2) is 17.0 Å². The fraction of sp³-hybridized carbons (Fsp3) is 0.143. The number of nitrogen functional groups attached to an aromatic ring is 2. The number of rotatable bonds is 1. The van der Waals surface area contributed by atoms with E-state index in [-0.39, 0.29) is 45.8 Å². The average molecular weight is 226 g/mol. The molecule has 0 unspecified atom stereocenters. The van der Waals surface area contributed by atoms with Crippen LogP contribution in [-0.4, -0.2) is 42.5 Å². The molecular formula is C7H11N2NaO3S. The number of anilines is 2. The van der Waals surface area contributed by atoms with Crippen LogP contribution in [0.4, 0.5) is 11.4 Å². The summed E-state index contributed by atoms with van der Waals surface area (Å²) in [6.07, 6.45) is 0. The third-order valence-electron chi connectivity index (χ3n) is 1.76. The Bertz CT molecular complexity index is 421. The molecule has 14 heavy (non-hydrogen) atoms. The van der Waals surface area contributed by atoms with E-state index in [2.05, 4.69) is 0 Å². The predicted molar refractivity (Wildman–Crippen MR) is 57.0 cm³/mol. The standard InChI is InChI=1S/C7H10N2O3S.Na.H/c1-4-6(8)2-5(3-7(4)9)13(10,11)12;;/h2-3H,8-9H2,1H3,(H,10,11,12);;. The van der Waals surface area contributed by atoms with Crippen molar-refractivity contribution in [3.05, 3.63) is 17.7 Å². The monoisotopic (exact) mass is 226 g/mol. The van der Waals surface area contributed by atoms with Crippen molar-refractivity contribution in [2.24, 2.45) is 0 Å². The molecule has 0 atom stereocenters. The first kappa shape index (κ1) is 13.7. The van der Waals surface area contributed by atoms with Crippen LogP contribution >= 0.6 is 0 Å². The molecule has 0 aliphatic rings. The van der Waals surface area contributed by atoms with Crippen molar-refractivity contribution in [1.82, 2.24) is 0 Å². The van der Waals surface area contributed by atoms with Gasteiger partial charge in [0.05, 0.1) is 4.90 Å². The molecule has 0 bridgehead atoms. The van der Waals surface area contributed by atoms with Crippen molar-refractivity contribution < 1.29 is 13.0 Å². The topological polar surface area (TPSA) is 106 Å². The summed E-state index contributed by atoms with van der Waals surface area (Å²) in [5.41, 5.74) is 12.0. The van der Waals surface area contributed by atoms with Crippen LogP contribution in [0.1, 0.15) is 5.56 Å². The van der Waals surface area contributed by atoms with Gasteiger partial charge in [0.1, 0.15) is 0 Å². The Labute approximate surface area is 105 Å². The molecule has 0 heterocycles. The number of nitrogens with two attached hydrogens (primary N) is 2. The van der Waals surface area contributed by atoms with E-state index in [1.807, 2.05) is 0 Å². The van der Waals surface area contributed by atoms with Gasteiger partial charge >= 0.3 is 29.6 Å². The first-order valence-electron chi connectivity index (χ1n) is 3.45. The Morgan fingerprint density at radius 1 is 1.21 bits per heavy atom. The van der Waals surface area contributed by atoms with Crippen molar-refractivity contribution in [2.75, 3.05) is 11.5 Å². The summed E-state index contributed by atoms with van der Waals surface area (Å²) in [7, 11) is -4.22. The molecule has 0 spiro atoms. The van der Waals surface area contributed by atoms with Gasteiger partial charge in [-0.1, -0.05) is 0 Å². The van der Waals surface area contributed by atoms with E-state index in [9.17, 15) is 8.42 Å². The molecule has 1 aromatic carbocycles. The molecule has 1 aromatic rings. The Balaban J connectivity index is 0.00000169. The van der Waals surface area contributed by atoms with Gasteiger partial charge in [0.25, 0.3) is 10.1 Å². The molecule has 5 N–H and O–H groups in total. The zero-order chi connectivity index (χ0) is 10.2. The molecule has 0 saturated heterocycles. The van der Waals surface area contributed by atoms with Crippen LogP contribution in [0.3, 0.4) is 0 Å². The molecule has 1 rings (SSSR count). The molecule has 0 saturated carbocycles. The van der Waals surface area contributed by atoms with E-state index >= 15 is 0 Å². The van der Waals surface area contributed by atoms with E-state index in [4.69, 9.17) is 16.0 Å². The Hall–Kier alpha value is -0.270. The molecular weight excluding hydrogens is 215 g/mol. The Kier molecular flexibility index (Phi) is 4.41. The summed E-state index contributed by atoms with van der Waals surface area (Å²) in [6.45, 7) is 1.67. The van der Waals surface area contributed by atoms with E-state index < -0.39 is 10.1 Å². The van der Waals surface area contributed by atoms with Gasteiger partial charge in [-0.25, -0.2) is 0 Å². The molecule has 74 valence electrons. The van der Waals surface area contributed by atoms with Crippen molar-refractivity contribution in [3.8, 4) is 0 Å². The third kappa shape index (κ3) is 2.86. The molecule has 0 radical (unpaired) electrons. The van der Waals surface area contributed by atoms with Gasteiger partial charge in [-0.05, 0) is 24.6 Å². The SMILES string of the molecule is Cc1c(N)cc(S(=O)(=O)O)cc1N.[NaH]. The normalized spacial score (nSPS) is 10.7. The summed E-state index contributed by atoms with van der Waals surface area (Å²) in [4.78, 5) is -0.284. The maximum atomic E-state index is 10.7. The quantitative estimate of drug-likeness (QED) is 0.348. The fourth-order valence-electron chi connectivity index (χ4n) is 0.880. The molecule has 0 aliphatic heterocycles.